The van der Waals surface area contributed by atoms with E-state index >= 15 is 0 Å². The van der Waals surface area contributed by atoms with Crippen molar-refractivity contribution in [2.75, 3.05) is 19.8 Å². The van der Waals surface area contributed by atoms with Crippen LogP contribution in [0.25, 0.3) is 0 Å². The summed E-state index contributed by atoms with van der Waals surface area (Å²) in [5.74, 6) is 1.18. The Kier molecular flexibility index (Phi) is 8.72. The van der Waals surface area contributed by atoms with Crippen LogP contribution in [0.2, 0.25) is 0 Å². The van der Waals surface area contributed by atoms with Crippen LogP contribution < -0.4 is 19.9 Å². The van der Waals surface area contributed by atoms with Gasteiger partial charge in [-0.15, -0.1) is 0 Å². The summed E-state index contributed by atoms with van der Waals surface area (Å²) in [6.45, 7) is 10.9. The van der Waals surface area contributed by atoms with E-state index < -0.39 is 11.5 Å². The number of hydrogen-bond donors (Lipinski definition) is 2. The molecule has 2 unspecified atom stereocenters. The Hall–Kier alpha value is -1.95. The van der Waals surface area contributed by atoms with Crippen molar-refractivity contribution in [2.45, 2.75) is 59.4 Å². The van der Waals surface area contributed by atoms with Gasteiger partial charge in [0.2, 0.25) is 0 Å². The second kappa shape index (κ2) is 10.3. The summed E-state index contributed by atoms with van der Waals surface area (Å²) in [4.78, 5) is 11.4. The Labute approximate surface area is 156 Å². The molecule has 0 amide bonds. The molecule has 6 heteroatoms. The lowest BCUT2D eigenvalue weighted by atomic mass is 9.84. The number of carboxylic acids is 1. The van der Waals surface area contributed by atoms with Crippen LogP contribution in [0.15, 0.2) is 12.1 Å². The van der Waals surface area contributed by atoms with E-state index in [0.29, 0.717) is 44.2 Å². The quantitative estimate of drug-likeness (QED) is 0.586. The Bertz CT molecular complexity index is 586. The molecule has 0 heterocycles. The molecule has 2 atom stereocenters. The molecule has 26 heavy (non-hydrogen) atoms. The average Bonchev–Trinajstić information content (AvgIpc) is 2.58. The number of ether oxygens (including phenoxy) is 3. The van der Waals surface area contributed by atoms with E-state index in [-0.39, 0.29) is 5.92 Å². The van der Waals surface area contributed by atoms with Gasteiger partial charge in [-0.25, -0.2) is 0 Å². The van der Waals surface area contributed by atoms with Crippen molar-refractivity contribution in [3.8, 4) is 17.2 Å². The first-order valence-corrected chi connectivity index (χ1v) is 9.37. The van der Waals surface area contributed by atoms with Crippen LogP contribution in [0.5, 0.6) is 17.2 Å². The normalized spacial score (nSPS) is 14.4. The Morgan fingerprint density at radius 1 is 1.08 bits per heavy atom. The molecule has 6 nitrogen and oxygen atoms in total. The van der Waals surface area contributed by atoms with E-state index in [1.165, 1.54) is 0 Å². The van der Waals surface area contributed by atoms with Crippen molar-refractivity contribution >= 4 is 5.97 Å². The van der Waals surface area contributed by atoms with Gasteiger partial charge in [0.05, 0.1) is 19.8 Å². The van der Waals surface area contributed by atoms with E-state index in [1.54, 1.807) is 6.92 Å². The molecule has 0 aliphatic heterocycles. The van der Waals surface area contributed by atoms with Gasteiger partial charge in [-0.1, -0.05) is 13.3 Å². The number of hydrogen-bond acceptors (Lipinski definition) is 5. The Balaban J connectivity index is 3.27. The Morgan fingerprint density at radius 3 is 2.12 bits per heavy atom. The fourth-order valence-electron chi connectivity index (χ4n) is 2.98. The van der Waals surface area contributed by atoms with E-state index in [0.717, 1.165) is 17.7 Å². The molecule has 0 fully saturated rings. The highest BCUT2D eigenvalue weighted by Crippen LogP contribution is 2.40. The van der Waals surface area contributed by atoms with Gasteiger partial charge in [-0.3, -0.25) is 4.79 Å². The summed E-state index contributed by atoms with van der Waals surface area (Å²) in [6, 6.07) is 3.74. The summed E-state index contributed by atoms with van der Waals surface area (Å²) in [7, 11) is 0. The molecule has 0 radical (unpaired) electrons. The standard InChI is InChI=1S/C20H33NO5/c1-6-14(13-20(5,21)19(22)23)12-15-16(24-7-2)10-11-17(25-8-3)18(15)26-9-4/h10-11,14H,6-9,12-13,21H2,1-5H3,(H,22,23). The second-order valence-corrected chi connectivity index (χ2v) is 6.57. The van der Waals surface area contributed by atoms with Crippen molar-refractivity contribution in [3.63, 3.8) is 0 Å². The van der Waals surface area contributed by atoms with Gasteiger partial charge in [0.1, 0.15) is 11.3 Å². The highest BCUT2D eigenvalue weighted by molar-refractivity contribution is 5.77. The van der Waals surface area contributed by atoms with E-state index in [2.05, 4.69) is 0 Å². The summed E-state index contributed by atoms with van der Waals surface area (Å²) >= 11 is 0. The van der Waals surface area contributed by atoms with Gasteiger partial charge >= 0.3 is 5.97 Å². The maximum Gasteiger partial charge on any atom is 0.323 e. The van der Waals surface area contributed by atoms with Gasteiger partial charge in [0.15, 0.2) is 11.5 Å². The predicted octanol–water partition coefficient (Wildman–Crippen LogP) is 3.64. The highest BCUT2D eigenvalue weighted by Gasteiger charge is 2.32. The second-order valence-electron chi connectivity index (χ2n) is 6.57. The van der Waals surface area contributed by atoms with Crippen molar-refractivity contribution in [3.05, 3.63) is 17.7 Å². The van der Waals surface area contributed by atoms with E-state index in [1.807, 2.05) is 39.8 Å². The highest BCUT2D eigenvalue weighted by atomic mass is 16.5. The lowest BCUT2D eigenvalue weighted by Gasteiger charge is -2.27. The zero-order chi connectivity index (χ0) is 19.7. The van der Waals surface area contributed by atoms with Crippen molar-refractivity contribution in [1.82, 2.24) is 0 Å². The smallest absolute Gasteiger partial charge is 0.323 e. The lowest BCUT2D eigenvalue weighted by molar-refractivity contribution is -0.143. The molecule has 0 aliphatic carbocycles. The maximum atomic E-state index is 11.4. The molecule has 0 aromatic heterocycles. The summed E-state index contributed by atoms with van der Waals surface area (Å²) in [6.07, 6.45) is 1.78. The third-order valence-corrected chi connectivity index (χ3v) is 4.34. The molecular formula is C20H33NO5. The first-order valence-electron chi connectivity index (χ1n) is 9.37. The van der Waals surface area contributed by atoms with Crippen LogP contribution in [-0.4, -0.2) is 36.4 Å². The number of carbonyl (C=O) groups is 1. The molecule has 1 aromatic rings. The fourth-order valence-corrected chi connectivity index (χ4v) is 2.98. The van der Waals surface area contributed by atoms with Crippen molar-refractivity contribution in [1.29, 1.82) is 0 Å². The van der Waals surface area contributed by atoms with E-state index in [4.69, 9.17) is 19.9 Å². The Morgan fingerprint density at radius 2 is 1.62 bits per heavy atom. The summed E-state index contributed by atoms with van der Waals surface area (Å²) < 4.78 is 17.4. The molecule has 0 aliphatic rings. The zero-order valence-electron chi connectivity index (χ0n) is 16.6. The molecule has 148 valence electrons. The van der Waals surface area contributed by atoms with Crippen molar-refractivity contribution in [2.24, 2.45) is 11.7 Å². The number of nitrogens with two attached hydrogens (primary N) is 1. The third kappa shape index (κ3) is 5.80. The van der Waals surface area contributed by atoms with Gasteiger partial charge in [-0.05, 0) is 58.6 Å². The number of rotatable bonds is 12. The molecule has 3 N–H and O–H groups in total. The molecular weight excluding hydrogens is 334 g/mol. The van der Waals surface area contributed by atoms with Crippen LogP contribution >= 0.6 is 0 Å². The molecule has 0 saturated carbocycles. The SMILES string of the molecule is CCOc1ccc(OCC)c(OCC)c1CC(CC)CC(C)(N)C(=O)O. The fraction of sp³-hybridized carbons (Fsp3) is 0.650. The van der Waals surface area contributed by atoms with Gasteiger partial charge in [0.25, 0.3) is 0 Å². The van der Waals surface area contributed by atoms with Crippen LogP contribution in [0.1, 0.15) is 53.0 Å². The zero-order valence-corrected chi connectivity index (χ0v) is 16.6. The minimum Gasteiger partial charge on any atom is -0.493 e. The lowest BCUT2D eigenvalue weighted by Crippen LogP contribution is -2.46. The van der Waals surface area contributed by atoms with Crippen LogP contribution in [0.4, 0.5) is 0 Å². The third-order valence-electron chi connectivity index (χ3n) is 4.34. The topological polar surface area (TPSA) is 91.0 Å². The van der Waals surface area contributed by atoms with Gasteiger partial charge < -0.3 is 25.1 Å². The van der Waals surface area contributed by atoms with E-state index in [9.17, 15) is 9.90 Å². The molecule has 0 spiro atoms. The first kappa shape index (κ1) is 22.1. The molecule has 1 aromatic carbocycles. The van der Waals surface area contributed by atoms with Crippen LogP contribution in [0, 0.1) is 5.92 Å². The predicted molar refractivity (Wildman–Crippen MR) is 102 cm³/mol. The van der Waals surface area contributed by atoms with Gasteiger partial charge in [-0.2, -0.15) is 0 Å². The minimum absolute atomic E-state index is 0.0800. The molecule has 0 saturated heterocycles. The molecule has 0 bridgehead atoms. The number of benzene rings is 1. The number of carboxylic acid groups (broad SMARTS) is 1. The monoisotopic (exact) mass is 367 g/mol. The largest absolute Gasteiger partial charge is 0.493 e. The summed E-state index contributed by atoms with van der Waals surface area (Å²) in [5.41, 5.74) is 5.62. The van der Waals surface area contributed by atoms with Crippen LogP contribution in [-0.2, 0) is 11.2 Å². The maximum absolute atomic E-state index is 11.4. The first-order chi connectivity index (χ1) is 12.3. The molecule has 1 rings (SSSR count). The van der Waals surface area contributed by atoms with Crippen LogP contribution in [0.3, 0.4) is 0 Å². The minimum atomic E-state index is -1.27. The van der Waals surface area contributed by atoms with Crippen molar-refractivity contribution < 1.29 is 24.1 Å². The van der Waals surface area contributed by atoms with Gasteiger partial charge in [0, 0.05) is 5.56 Å². The summed E-state index contributed by atoms with van der Waals surface area (Å²) in [5, 5.41) is 9.35. The number of aliphatic carboxylic acids is 1. The average molecular weight is 367 g/mol.